The number of benzene rings is 2. The zero-order valence-corrected chi connectivity index (χ0v) is 26.0. The first-order valence-corrected chi connectivity index (χ1v) is 16.5. The van der Waals surface area contributed by atoms with Gasteiger partial charge in [0.2, 0.25) is 11.8 Å². The van der Waals surface area contributed by atoms with Gasteiger partial charge in [0.25, 0.3) is 0 Å². The number of rotatable bonds is 10. The van der Waals surface area contributed by atoms with Crippen molar-refractivity contribution in [2.75, 3.05) is 24.3 Å². The first kappa shape index (κ1) is 30.3. The molecule has 2 amide bonds. The van der Waals surface area contributed by atoms with E-state index in [1.54, 1.807) is 0 Å². The second kappa shape index (κ2) is 14.4. The number of carbonyl (C=O) groups excluding carboxylic acids is 3. The van der Waals surface area contributed by atoms with E-state index < -0.39 is 5.97 Å². The molecule has 3 aromatic rings. The Kier molecular flexibility index (Phi) is 10.4. The van der Waals surface area contributed by atoms with E-state index in [1.807, 2.05) is 49.4 Å². The fraction of sp³-hybridized carbons (Fsp3) is 0.424. The summed E-state index contributed by atoms with van der Waals surface area (Å²) >= 11 is 2.94. The van der Waals surface area contributed by atoms with Crippen LogP contribution < -0.4 is 10.6 Å². The minimum atomic E-state index is -0.415. The minimum Gasteiger partial charge on any atom is -0.465 e. The third-order valence-electron chi connectivity index (χ3n) is 8.03. The lowest BCUT2D eigenvalue weighted by atomic mass is 9.88. The van der Waals surface area contributed by atoms with Crippen LogP contribution in [-0.4, -0.2) is 41.6 Å². The monoisotopic (exact) mass is 605 g/mol. The summed E-state index contributed by atoms with van der Waals surface area (Å²) in [7, 11) is 1.38. The van der Waals surface area contributed by atoms with Gasteiger partial charge in [-0.15, -0.1) is 23.1 Å². The highest BCUT2D eigenvalue weighted by atomic mass is 32.2. The molecule has 7 nitrogen and oxygen atoms in total. The fourth-order valence-corrected chi connectivity index (χ4v) is 8.07. The van der Waals surface area contributed by atoms with Crippen molar-refractivity contribution in [3.63, 3.8) is 0 Å². The molecule has 0 saturated heterocycles. The molecule has 2 aromatic carbocycles. The molecule has 9 heteroatoms. The van der Waals surface area contributed by atoms with E-state index >= 15 is 0 Å². The molecule has 0 radical (unpaired) electrons. The molecular formula is C33H39N3O4S2. The van der Waals surface area contributed by atoms with Gasteiger partial charge in [-0.3, -0.25) is 14.5 Å². The van der Waals surface area contributed by atoms with Gasteiger partial charge >= 0.3 is 5.97 Å². The number of anilines is 2. The highest BCUT2D eigenvalue weighted by Crippen LogP contribution is 2.39. The third-order valence-corrected chi connectivity index (χ3v) is 10.5. The summed E-state index contributed by atoms with van der Waals surface area (Å²) in [5.74, 6) is -0.401. The second-order valence-corrected chi connectivity index (χ2v) is 13.4. The van der Waals surface area contributed by atoms with E-state index in [9.17, 15) is 14.4 Å². The van der Waals surface area contributed by atoms with Crippen LogP contribution in [0, 0.1) is 5.92 Å². The van der Waals surface area contributed by atoms with E-state index in [0.29, 0.717) is 17.0 Å². The topological polar surface area (TPSA) is 87.7 Å². The summed E-state index contributed by atoms with van der Waals surface area (Å²) in [4.78, 5) is 43.5. The normalized spacial score (nSPS) is 16.3. The maximum atomic E-state index is 13.5. The minimum absolute atomic E-state index is 0.0790. The largest absolute Gasteiger partial charge is 0.465 e. The van der Waals surface area contributed by atoms with Gasteiger partial charge in [-0.25, -0.2) is 4.79 Å². The highest BCUT2D eigenvalue weighted by molar-refractivity contribution is 8.00. The number of nitrogens with one attached hydrogen (secondary N) is 2. The molecule has 1 atom stereocenters. The molecule has 5 rings (SSSR count). The number of ether oxygens (including phenoxy) is 1. The quantitative estimate of drug-likeness (QED) is 0.189. The van der Waals surface area contributed by atoms with Gasteiger partial charge in [0.05, 0.1) is 17.9 Å². The molecule has 1 fully saturated rings. The Morgan fingerprint density at radius 3 is 2.57 bits per heavy atom. The molecule has 222 valence electrons. The Balaban J connectivity index is 1.26. The van der Waals surface area contributed by atoms with Crippen molar-refractivity contribution in [1.29, 1.82) is 0 Å². The second-order valence-electron chi connectivity index (χ2n) is 11.0. The van der Waals surface area contributed by atoms with Crippen LogP contribution in [0.25, 0.3) is 0 Å². The fourth-order valence-electron chi connectivity index (χ4n) is 5.77. The molecular weight excluding hydrogens is 567 g/mol. The van der Waals surface area contributed by atoms with E-state index in [0.717, 1.165) is 72.8 Å². The highest BCUT2D eigenvalue weighted by Gasteiger charge is 2.30. The van der Waals surface area contributed by atoms with Crippen molar-refractivity contribution in [1.82, 2.24) is 4.90 Å². The first-order valence-electron chi connectivity index (χ1n) is 14.8. The number of hydrogen-bond donors (Lipinski definition) is 2. The molecule has 0 bridgehead atoms. The van der Waals surface area contributed by atoms with Crippen LogP contribution in [0.2, 0.25) is 0 Å². The number of carbonyl (C=O) groups is 3. The van der Waals surface area contributed by atoms with Crippen LogP contribution >= 0.6 is 23.1 Å². The van der Waals surface area contributed by atoms with E-state index in [2.05, 4.69) is 27.7 Å². The Morgan fingerprint density at radius 2 is 1.83 bits per heavy atom. The molecule has 2 aliphatic rings. The summed E-state index contributed by atoms with van der Waals surface area (Å²) < 4.78 is 5.14. The zero-order valence-electron chi connectivity index (χ0n) is 24.3. The van der Waals surface area contributed by atoms with Crippen molar-refractivity contribution in [2.45, 2.75) is 75.1 Å². The van der Waals surface area contributed by atoms with Gasteiger partial charge < -0.3 is 15.4 Å². The smallest absolute Gasteiger partial charge is 0.341 e. The maximum Gasteiger partial charge on any atom is 0.341 e. The van der Waals surface area contributed by atoms with Gasteiger partial charge in [-0.1, -0.05) is 62.6 Å². The number of methoxy groups -OCH3 is 1. The van der Waals surface area contributed by atoms with Crippen molar-refractivity contribution in [2.24, 2.45) is 5.92 Å². The van der Waals surface area contributed by atoms with Crippen LogP contribution in [0.1, 0.15) is 71.8 Å². The number of thioether (sulfide) groups is 1. The van der Waals surface area contributed by atoms with Gasteiger partial charge in [0.15, 0.2) is 0 Å². The van der Waals surface area contributed by atoms with Crippen LogP contribution in [-0.2, 0) is 33.8 Å². The number of nitrogens with zero attached hydrogens (tertiary/aromatic N) is 1. The van der Waals surface area contributed by atoms with Gasteiger partial charge in [0, 0.05) is 41.0 Å². The van der Waals surface area contributed by atoms with Gasteiger partial charge in [-0.05, 0) is 55.0 Å². The Bertz CT molecular complexity index is 1400. The van der Waals surface area contributed by atoms with Crippen LogP contribution in [0.3, 0.4) is 0 Å². The predicted octanol–water partition coefficient (Wildman–Crippen LogP) is 7.12. The molecule has 2 heterocycles. The predicted molar refractivity (Wildman–Crippen MR) is 170 cm³/mol. The number of fused-ring (bicyclic) bond motifs is 1. The molecule has 2 N–H and O–H groups in total. The molecule has 42 heavy (non-hydrogen) atoms. The van der Waals surface area contributed by atoms with Crippen LogP contribution in [0.15, 0.2) is 59.5 Å². The lowest BCUT2D eigenvalue weighted by Crippen LogP contribution is -2.30. The Morgan fingerprint density at radius 1 is 1.05 bits per heavy atom. The average Bonchev–Trinajstić information content (AvgIpc) is 3.37. The first-order chi connectivity index (χ1) is 20.4. The van der Waals surface area contributed by atoms with Crippen molar-refractivity contribution >= 4 is 51.6 Å². The molecule has 1 unspecified atom stereocenters. The number of hydrogen-bond acceptors (Lipinski definition) is 7. The Labute approximate surface area is 256 Å². The van der Waals surface area contributed by atoms with E-state index in [4.69, 9.17) is 4.74 Å². The number of thiophene rings is 1. The standard InChI is InChI=1S/C33H39N3O4S2/c1-3-27(41-25-16-10-15-24(19-25)34-30(37)23-13-8-5-9-14-23)31(38)35-32-29(33(39)40-2)26-17-18-36(21-28(26)42-32)20-22-11-6-4-7-12-22/h4,6-7,10-12,15-16,19,23,27H,3,5,8-9,13-14,17-18,20-21H2,1-2H3,(H,34,37)(H,35,38). The van der Waals surface area contributed by atoms with Gasteiger partial charge in [0.1, 0.15) is 5.00 Å². The zero-order chi connectivity index (χ0) is 29.5. The molecule has 1 aromatic heterocycles. The lowest BCUT2D eigenvalue weighted by molar-refractivity contribution is -0.120. The summed E-state index contributed by atoms with van der Waals surface area (Å²) in [6.07, 6.45) is 6.66. The van der Waals surface area contributed by atoms with Crippen LogP contribution in [0.5, 0.6) is 0 Å². The van der Waals surface area contributed by atoms with Crippen molar-refractivity contribution < 1.29 is 19.1 Å². The van der Waals surface area contributed by atoms with Crippen molar-refractivity contribution in [3.8, 4) is 0 Å². The maximum absolute atomic E-state index is 13.5. The summed E-state index contributed by atoms with van der Waals surface area (Å²) in [6, 6.07) is 18.1. The summed E-state index contributed by atoms with van der Waals surface area (Å²) in [5.41, 5.74) is 3.47. The van der Waals surface area contributed by atoms with Crippen LogP contribution in [0.4, 0.5) is 10.7 Å². The molecule has 0 spiro atoms. The number of esters is 1. The van der Waals surface area contributed by atoms with E-state index in [-0.39, 0.29) is 23.0 Å². The van der Waals surface area contributed by atoms with Gasteiger partial charge in [-0.2, -0.15) is 0 Å². The summed E-state index contributed by atoms with van der Waals surface area (Å²) in [5, 5.41) is 6.35. The van der Waals surface area contributed by atoms with Crippen molar-refractivity contribution in [3.05, 3.63) is 76.2 Å². The number of amides is 2. The average molecular weight is 606 g/mol. The third kappa shape index (κ3) is 7.43. The molecule has 1 aliphatic carbocycles. The SMILES string of the molecule is CCC(Sc1cccc(NC(=O)C2CCCCC2)c1)C(=O)Nc1sc2c(c1C(=O)OC)CCN(Cc1ccccc1)C2. The lowest BCUT2D eigenvalue weighted by Gasteiger charge is -2.27. The summed E-state index contributed by atoms with van der Waals surface area (Å²) in [6.45, 7) is 4.37. The van der Waals surface area contributed by atoms with E-state index in [1.165, 1.54) is 42.2 Å². The Hall–Kier alpha value is -3.14. The molecule has 1 aliphatic heterocycles. The molecule has 1 saturated carbocycles.